The van der Waals surface area contributed by atoms with Crippen LogP contribution in [-0.4, -0.2) is 18.3 Å². The summed E-state index contributed by atoms with van der Waals surface area (Å²) in [5.74, 6) is -0.641. The molecular weight excluding hydrogens is 130 g/mol. The number of halogens is 2. The summed E-state index contributed by atoms with van der Waals surface area (Å²) >= 11 is 0. The summed E-state index contributed by atoms with van der Waals surface area (Å²) in [6.07, 6.45) is -1.96. The largest absolute Gasteiger partial charge is 0.490 e. The lowest BCUT2D eigenvalue weighted by molar-refractivity contribution is 0.148. The van der Waals surface area contributed by atoms with Gasteiger partial charge in [0.05, 0.1) is 6.61 Å². The topological polar surface area (TPSA) is 29.5 Å². The van der Waals surface area contributed by atoms with Crippen molar-refractivity contribution in [3.63, 3.8) is 0 Å². The molecule has 0 aromatic carbocycles. The summed E-state index contributed by atoms with van der Waals surface area (Å²) < 4.78 is 27.3. The number of aliphatic hydroxyl groups excluding tert-OH is 1. The lowest BCUT2D eigenvalue weighted by Crippen LogP contribution is -1.97. The molecule has 0 saturated carbocycles. The smallest absolute Gasteiger partial charge is 0.310 e. The van der Waals surface area contributed by atoms with Gasteiger partial charge in [0.15, 0.2) is 5.76 Å². The normalized spacial score (nSPS) is 8.89. The summed E-state index contributed by atoms with van der Waals surface area (Å²) in [5.41, 5.74) is 0. The van der Waals surface area contributed by atoms with E-state index < -0.39 is 18.4 Å². The molecular formula is C5H8F2O2. The highest BCUT2D eigenvalue weighted by Gasteiger charge is 2.03. The molecule has 0 amide bonds. The van der Waals surface area contributed by atoms with E-state index in [1.54, 1.807) is 6.92 Å². The van der Waals surface area contributed by atoms with Gasteiger partial charge in [-0.05, 0) is 6.92 Å². The van der Waals surface area contributed by atoms with E-state index in [1.165, 1.54) is 0 Å². The van der Waals surface area contributed by atoms with Gasteiger partial charge in [-0.15, -0.1) is 0 Å². The van der Waals surface area contributed by atoms with Crippen molar-refractivity contribution in [3.8, 4) is 0 Å². The second-order valence-corrected chi connectivity index (χ2v) is 1.27. The van der Waals surface area contributed by atoms with Gasteiger partial charge in [0, 0.05) is 0 Å². The zero-order chi connectivity index (χ0) is 7.28. The number of hydrogen-bond donors (Lipinski definition) is 1. The summed E-state index contributed by atoms with van der Waals surface area (Å²) in [4.78, 5) is 0. The van der Waals surface area contributed by atoms with Gasteiger partial charge >= 0.3 is 6.08 Å². The third kappa shape index (κ3) is 3.03. The molecule has 1 N–H and O–H groups in total. The maximum Gasteiger partial charge on any atom is 0.310 e. The van der Waals surface area contributed by atoms with Crippen LogP contribution in [0.4, 0.5) is 8.78 Å². The molecule has 0 aliphatic rings. The van der Waals surface area contributed by atoms with Crippen LogP contribution >= 0.6 is 0 Å². The highest BCUT2D eigenvalue weighted by atomic mass is 19.3. The van der Waals surface area contributed by atoms with E-state index in [4.69, 9.17) is 5.11 Å². The standard InChI is InChI=1S/C5H8F2O2/c1-2-9-4(3-8)5(6)7/h8H,2-3H2,1H3. The van der Waals surface area contributed by atoms with Gasteiger partial charge in [0.2, 0.25) is 0 Å². The first-order valence-corrected chi connectivity index (χ1v) is 2.50. The Balaban J connectivity index is 3.83. The summed E-state index contributed by atoms with van der Waals surface area (Å²) in [6.45, 7) is 0.974. The maximum absolute atomic E-state index is 11.5. The first kappa shape index (κ1) is 8.36. The molecule has 0 rings (SSSR count). The van der Waals surface area contributed by atoms with Crippen LogP contribution in [0.3, 0.4) is 0 Å². The van der Waals surface area contributed by atoms with Crippen LogP contribution in [-0.2, 0) is 4.74 Å². The predicted octanol–water partition coefficient (Wildman–Crippen LogP) is 1.12. The van der Waals surface area contributed by atoms with Crippen LogP contribution in [0.15, 0.2) is 11.8 Å². The van der Waals surface area contributed by atoms with Crippen LogP contribution in [0.5, 0.6) is 0 Å². The molecule has 0 aliphatic carbocycles. The van der Waals surface area contributed by atoms with Crippen molar-refractivity contribution in [1.82, 2.24) is 0 Å². The Morgan fingerprint density at radius 3 is 2.22 bits per heavy atom. The van der Waals surface area contributed by atoms with Gasteiger partial charge in [-0.3, -0.25) is 0 Å². The Labute approximate surface area is 51.7 Å². The van der Waals surface area contributed by atoms with E-state index in [2.05, 4.69) is 4.74 Å². The molecule has 0 heterocycles. The first-order valence-electron chi connectivity index (χ1n) is 2.50. The van der Waals surface area contributed by atoms with Crippen molar-refractivity contribution in [2.24, 2.45) is 0 Å². The van der Waals surface area contributed by atoms with Crippen LogP contribution in [0.1, 0.15) is 6.92 Å². The molecule has 0 unspecified atom stereocenters. The minimum atomic E-state index is -1.96. The van der Waals surface area contributed by atoms with E-state index >= 15 is 0 Å². The van der Waals surface area contributed by atoms with E-state index in [1.807, 2.05) is 0 Å². The molecule has 2 nitrogen and oxygen atoms in total. The average Bonchev–Trinajstić information content (AvgIpc) is 1.82. The number of hydrogen-bond acceptors (Lipinski definition) is 2. The minimum absolute atomic E-state index is 0.146. The maximum atomic E-state index is 11.5. The van der Waals surface area contributed by atoms with Crippen molar-refractivity contribution < 1.29 is 18.6 Å². The molecule has 0 bridgehead atoms. The summed E-state index contributed by atoms with van der Waals surface area (Å²) in [5, 5.41) is 8.16. The van der Waals surface area contributed by atoms with Crippen molar-refractivity contribution >= 4 is 0 Å². The Bertz CT molecular complexity index is 108. The van der Waals surface area contributed by atoms with E-state index in [9.17, 15) is 8.78 Å². The van der Waals surface area contributed by atoms with Gasteiger partial charge < -0.3 is 9.84 Å². The van der Waals surface area contributed by atoms with E-state index in [-0.39, 0.29) is 6.61 Å². The van der Waals surface area contributed by atoms with Gasteiger partial charge in [0.25, 0.3) is 0 Å². The molecule has 0 aliphatic heterocycles. The quantitative estimate of drug-likeness (QED) is 0.592. The second-order valence-electron chi connectivity index (χ2n) is 1.27. The van der Waals surface area contributed by atoms with Crippen molar-refractivity contribution in [3.05, 3.63) is 11.8 Å². The van der Waals surface area contributed by atoms with Gasteiger partial charge in [-0.1, -0.05) is 0 Å². The number of ether oxygens (including phenoxy) is 1. The minimum Gasteiger partial charge on any atom is -0.490 e. The summed E-state index contributed by atoms with van der Waals surface area (Å²) in [7, 11) is 0. The van der Waals surface area contributed by atoms with Crippen molar-refractivity contribution in [2.45, 2.75) is 6.92 Å². The fourth-order valence-electron chi connectivity index (χ4n) is 0.334. The van der Waals surface area contributed by atoms with E-state index in [0.29, 0.717) is 0 Å². The van der Waals surface area contributed by atoms with Gasteiger partial charge in [-0.2, -0.15) is 8.78 Å². The molecule has 0 radical (unpaired) electrons. The highest BCUT2D eigenvalue weighted by Crippen LogP contribution is 2.07. The Hall–Kier alpha value is -0.640. The molecule has 0 aromatic rings. The molecule has 4 heteroatoms. The monoisotopic (exact) mass is 138 g/mol. The summed E-state index contributed by atoms with van der Waals surface area (Å²) in [6, 6.07) is 0. The molecule has 0 atom stereocenters. The van der Waals surface area contributed by atoms with Gasteiger partial charge in [0.1, 0.15) is 6.61 Å². The Morgan fingerprint density at radius 2 is 2.11 bits per heavy atom. The third-order valence-electron chi connectivity index (χ3n) is 0.673. The van der Waals surface area contributed by atoms with Crippen LogP contribution in [0, 0.1) is 0 Å². The van der Waals surface area contributed by atoms with Gasteiger partial charge in [-0.25, -0.2) is 0 Å². The predicted molar refractivity (Wildman–Crippen MR) is 28.0 cm³/mol. The van der Waals surface area contributed by atoms with E-state index in [0.717, 1.165) is 0 Å². The molecule has 0 saturated heterocycles. The van der Waals surface area contributed by atoms with Crippen LogP contribution in [0.2, 0.25) is 0 Å². The molecule has 0 aromatic heterocycles. The first-order chi connectivity index (χ1) is 4.22. The molecule has 0 fully saturated rings. The Kier molecular flexibility index (Phi) is 3.96. The number of aliphatic hydroxyl groups is 1. The SMILES string of the molecule is CCOC(CO)=C(F)F. The zero-order valence-corrected chi connectivity index (χ0v) is 5.03. The third-order valence-corrected chi connectivity index (χ3v) is 0.673. The fourth-order valence-corrected chi connectivity index (χ4v) is 0.334. The Morgan fingerprint density at radius 1 is 1.56 bits per heavy atom. The zero-order valence-electron chi connectivity index (χ0n) is 5.03. The van der Waals surface area contributed by atoms with Crippen molar-refractivity contribution in [2.75, 3.05) is 13.2 Å². The lowest BCUT2D eigenvalue weighted by atomic mass is 10.6. The number of rotatable bonds is 3. The highest BCUT2D eigenvalue weighted by molar-refractivity contribution is 4.92. The van der Waals surface area contributed by atoms with Crippen LogP contribution < -0.4 is 0 Å². The average molecular weight is 138 g/mol. The lowest BCUT2D eigenvalue weighted by Gasteiger charge is -2.01. The molecule has 9 heavy (non-hydrogen) atoms. The molecule has 54 valence electrons. The molecule has 0 spiro atoms. The van der Waals surface area contributed by atoms with Crippen molar-refractivity contribution in [1.29, 1.82) is 0 Å². The van der Waals surface area contributed by atoms with Crippen LogP contribution in [0.25, 0.3) is 0 Å². The fraction of sp³-hybridized carbons (Fsp3) is 0.600. The second kappa shape index (κ2) is 4.26.